The van der Waals surface area contributed by atoms with Gasteiger partial charge in [-0.05, 0) is 40.0 Å². The van der Waals surface area contributed by atoms with Crippen molar-refractivity contribution in [3.63, 3.8) is 0 Å². The molecule has 4 heteroatoms. The molecule has 0 bridgehead atoms. The van der Waals surface area contributed by atoms with Crippen molar-refractivity contribution in [1.29, 1.82) is 0 Å². The van der Waals surface area contributed by atoms with Crippen LogP contribution in [-0.4, -0.2) is 28.8 Å². The van der Waals surface area contributed by atoms with Crippen LogP contribution in [0.5, 0.6) is 0 Å². The Labute approximate surface area is 103 Å². The molecule has 1 fully saturated rings. The van der Waals surface area contributed by atoms with Crippen LogP contribution in [-0.2, 0) is 4.74 Å². The van der Waals surface area contributed by atoms with Crippen LogP contribution in [0.15, 0.2) is 6.20 Å². The van der Waals surface area contributed by atoms with Gasteiger partial charge in [-0.3, -0.25) is 0 Å². The van der Waals surface area contributed by atoms with Crippen molar-refractivity contribution in [2.75, 3.05) is 18.5 Å². The van der Waals surface area contributed by atoms with Crippen molar-refractivity contribution >= 4 is 5.95 Å². The fraction of sp³-hybridized carbons (Fsp3) is 0.769. The Morgan fingerprint density at radius 1 is 1.53 bits per heavy atom. The van der Waals surface area contributed by atoms with Gasteiger partial charge in [0.2, 0.25) is 5.95 Å². The van der Waals surface area contributed by atoms with Crippen molar-refractivity contribution in [2.24, 2.45) is 0 Å². The maximum Gasteiger partial charge on any atom is 0.203 e. The lowest BCUT2D eigenvalue weighted by Gasteiger charge is -2.23. The van der Waals surface area contributed by atoms with Gasteiger partial charge in [-0.2, -0.15) is 0 Å². The van der Waals surface area contributed by atoms with E-state index in [9.17, 15) is 0 Å². The first-order valence-corrected chi connectivity index (χ1v) is 6.58. The van der Waals surface area contributed by atoms with E-state index in [-0.39, 0.29) is 0 Å². The smallest absolute Gasteiger partial charge is 0.203 e. The van der Waals surface area contributed by atoms with E-state index in [1.54, 1.807) is 0 Å². The molecule has 1 saturated heterocycles. The summed E-state index contributed by atoms with van der Waals surface area (Å²) in [5.41, 5.74) is 1.06. The monoisotopic (exact) mass is 237 g/mol. The highest BCUT2D eigenvalue weighted by Crippen LogP contribution is 2.17. The van der Waals surface area contributed by atoms with E-state index in [2.05, 4.69) is 34.9 Å². The summed E-state index contributed by atoms with van der Waals surface area (Å²) in [6.07, 6.45) is 6.09. The topological polar surface area (TPSA) is 39.1 Å². The Morgan fingerprint density at radius 2 is 2.35 bits per heavy atom. The third-order valence-electron chi connectivity index (χ3n) is 3.17. The molecule has 1 N–H and O–H groups in total. The second-order valence-electron chi connectivity index (χ2n) is 5.08. The summed E-state index contributed by atoms with van der Waals surface area (Å²) >= 11 is 0. The molecule has 2 heterocycles. The highest BCUT2D eigenvalue weighted by molar-refractivity contribution is 5.29. The van der Waals surface area contributed by atoms with Gasteiger partial charge in [0.15, 0.2) is 0 Å². The van der Waals surface area contributed by atoms with E-state index in [0.717, 1.165) is 31.2 Å². The van der Waals surface area contributed by atoms with Crippen LogP contribution in [0.3, 0.4) is 0 Å². The first-order chi connectivity index (χ1) is 8.16. The third-order valence-corrected chi connectivity index (χ3v) is 3.17. The second kappa shape index (κ2) is 5.54. The van der Waals surface area contributed by atoms with E-state index in [1.165, 1.54) is 12.8 Å². The number of aromatic nitrogens is 2. The van der Waals surface area contributed by atoms with Crippen LogP contribution in [0, 0.1) is 6.92 Å². The van der Waals surface area contributed by atoms with Gasteiger partial charge in [0.1, 0.15) is 0 Å². The number of nitrogens with zero attached hydrogens (tertiary/aromatic N) is 2. The molecule has 2 rings (SSSR count). The number of rotatable bonds is 4. The predicted molar refractivity (Wildman–Crippen MR) is 69.4 cm³/mol. The van der Waals surface area contributed by atoms with E-state index in [1.807, 2.05) is 6.92 Å². The minimum absolute atomic E-state index is 0.348. The van der Waals surface area contributed by atoms with Crippen molar-refractivity contribution in [2.45, 2.75) is 52.2 Å². The normalized spacial score (nSPS) is 20.8. The minimum Gasteiger partial charge on any atom is -0.376 e. The summed E-state index contributed by atoms with van der Waals surface area (Å²) in [4.78, 5) is 4.51. The highest BCUT2D eigenvalue weighted by Gasteiger charge is 2.15. The van der Waals surface area contributed by atoms with Crippen LogP contribution in [0.2, 0.25) is 0 Å². The Kier molecular flexibility index (Phi) is 4.05. The molecule has 1 aromatic rings. The molecule has 0 aliphatic carbocycles. The van der Waals surface area contributed by atoms with Crippen molar-refractivity contribution in [3.05, 3.63) is 11.9 Å². The van der Waals surface area contributed by atoms with Gasteiger partial charge in [-0.1, -0.05) is 0 Å². The van der Waals surface area contributed by atoms with E-state index in [0.29, 0.717) is 12.1 Å². The molecule has 17 heavy (non-hydrogen) atoms. The zero-order valence-electron chi connectivity index (χ0n) is 11.1. The molecule has 1 atom stereocenters. The molecule has 1 unspecified atom stereocenters. The molecule has 1 aliphatic heterocycles. The minimum atomic E-state index is 0.348. The number of anilines is 1. The lowest BCUT2D eigenvalue weighted by Crippen LogP contribution is -2.28. The van der Waals surface area contributed by atoms with Crippen molar-refractivity contribution < 1.29 is 4.74 Å². The molecule has 1 aliphatic rings. The first kappa shape index (κ1) is 12.4. The van der Waals surface area contributed by atoms with E-state index < -0.39 is 0 Å². The van der Waals surface area contributed by atoms with Gasteiger partial charge >= 0.3 is 0 Å². The molecule has 0 spiro atoms. The largest absolute Gasteiger partial charge is 0.376 e. The molecule has 0 aromatic carbocycles. The molecule has 96 valence electrons. The summed E-state index contributed by atoms with van der Waals surface area (Å²) in [7, 11) is 0. The molecule has 0 amide bonds. The van der Waals surface area contributed by atoms with Gasteiger partial charge in [0.25, 0.3) is 0 Å². The maximum absolute atomic E-state index is 5.71. The van der Waals surface area contributed by atoms with Gasteiger partial charge in [0.05, 0.1) is 11.8 Å². The lowest BCUT2D eigenvalue weighted by molar-refractivity contribution is 0.0246. The Balaban J connectivity index is 1.93. The number of aryl methyl sites for hydroxylation is 1. The Morgan fingerprint density at radius 3 is 3.00 bits per heavy atom. The highest BCUT2D eigenvalue weighted by atomic mass is 16.5. The number of hydrogen-bond donors (Lipinski definition) is 1. The average molecular weight is 237 g/mol. The summed E-state index contributed by atoms with van der Waals surface area (Å²) in [5.74, 6) is 0.965. The number of hydrogen-bond acceptors (Lipinski definition) is 3. The fourth-order valence-electron chi connectivity index (χ4n) is 2.21. The zero-order chi connectivity index (χ0) is 12.3. The van der Waals surface area contributed by atoms with Gasteiger partial charge in [0, 0.05) is 25.4 Å². The third kappa shape index (κ3) is 3.22. The van der Waals surface area contributed by atoms with Gasteiger partial charge in [-0.15, -0.1) is 0 Å². The van der Waals surface area contributed by atoms with Gasteiger partial charge in [-0.25, -0.2) is 4.98 Å². The molecule has 1 aromatic heterocycles. The Bertz CT molecular complexity index is 354. The van der Waals surface area contributed by atoms with Gasteiger partial charge < -0.3 is 14.6 Å². The van der Waals surface area contributed by atoms with Crippen molar-refractivity contribution in [3.8, 4) is 0 Å². The number of imidazole rings is 1. The molecular formula is C13H23N3O. The molecule has 4 nitrogen and oxygen atoms in total. The van der Waals surface area contributed by atoms with Crippen LogP contribution in [0.1, 0.15) is 44.8 Å². The summed E-state index contributed by atoms with van der Waals surface area (Å²) in [6, 6.07) is 0.436. The molecule has 0 radical (unpaired) electrons. The van der Waals surface area contributed by atoms with E-state index in [4.69, 9.17) is 4.74 Å². The van der Waals surface area contributed by atoms with Crippen LogP contribution >= 0.6 is 0 Å². The Hall–Kier alpha value is -1.03. The maximum atomic E-state index is 5.71. The second-order valence-corrected chi connectivity index (χ2v) is 5.08. The first-order valence-electron chi connectivity index (χ1n) is 6.58. The predicted octanol–water partition coefficient (Wildman–Crippen LogP) is 2.75. The van der Waals surface area contributed by atoms with E-state index >= 15 is 0 Å². The number of ether oxygens (including phenoxy) is 1. The summed E-state index contributed by atoms with van der Waals surface area (Å²) < 4.78 is 7.89. The zero-order valence-corrected chi connectivity index (χ0v) is 11.1. The molecule has 0 saturated carbocycles. The van der Waals surface area contributed by atoms with Crippen LogP contribution in [0.4, 0.5) is 5.95 Å². The lowest BCUT2D eigenvalue weighted by atomic mass is 10.1. The number of nitrogens with one attached hydrogen (secondary N) is 1. The standard InChI is InChI=1S/C13H23N3O/c1-10(2)16-9-11(3)15-13(16)14-8-12-6-4-5-7-17-12/h9-10,12H,4-8H2,1-3H3,(H,14,15). The fourth-order valence-corrected chi connectivity index (χ4v) is 2.21. The summed E-state index contributed by atoms with van der Waals surface area (Å²) in [5, 5.41) is 3.41. The summed E-state index contributed by atoms with van der Waals surface area (Å²) in [6.45, 7) is 8.14. The van der Waals surface area contributed by atoms with Crippen molar-refractivity contribution in [1.82, 2.24) is 9.55 Å². The molecular weight excluding hydrogens is 214 g/mol. The SMILES string of the molecule is Cc1cn(C(C)C)c(NCC2CCCCO2)n1. The quantitative estimate of drug-likeness (QED) is 0.875. The van der Waals surface area contributed by atoms with Crippen LogP contribution in [0.25, 0.3) is 0 Å². The average Bonchev–Trinajstić information content (AvgIpc) is 2.69. The van der Waals surface area contributed by atoms with Crippen LogP contribution < -0.4 is 5.32 Å².